The van der Waals surface area contributed by atoms with Crippen molar-refractivity contribution in [1.82, 2.24) is 10.3 Å². The molecule has 0 spiro atoms. The molecule has 3 heterocycles. The average Bonchev–Trinajstić information content (AvgIpc) is 3.17. The molecular formula is C14H13N5O2S2. The lowest BCUT2D eigenvalue weighted by atomic mass is 10.3. The number of urea groups is 1. The van der Waals surface area contributed by atoms with Crippen LogP contribution in [0.4, 0.5) is 14.9 Å². The summed E-state index contributed by atoms with van der Waals surface area (Å²) in [6, 6.07) is 3.54. The van der Waals surface area contributed by atoms with Gasteiger partial charge in [0.05, 0.1) is 17.7 Å². The van der Waals surface area contributed by atoms with E-state index >= 15 is 0 Å². The van der Waals surface area contributed by atoms with Crippen molar-refractivity contribution in [1.29, 1.82) is 5.26 Å². The second-order valence-corrected chi connectivity index (χ2v) is 6.61. The van der Waals surface area contributed by atoms with Crippen LogP contribution >= 0.6 is 22.7 Å². The van der Waals surface area contributed by atoms with Crippen molar-refractivity contribution in [3.8, 4) is 6.07 Å². The molecular weight excluding hydrogens is 334 g/mol. The third-order valence-electron chi connectivity index (χ3n) is 3.23. The molecule has 0 saturated carbocycles. The highest BCUT2D eigenvalue weighted by molar-refractivity contribution is 7.14. The Balaban J connectivity index is 1.63. The molecule has 0 aliphatic carbocycles. The summed E-state index contributed by atoms with van der Waals surface area (Å²) in [6.45, 7) is 1.31. The number of nitrogens with zero attached hydrogens (tertiary/aromatic N) is 3. The molecule has 0 bridgehead atoms. The fraction of sp³-hybridized carbons (Fsp3) is 0.286. The average molecular weight is 347 g/mol. The van der Waals surface area contributed by atoms with Crippen LogP contribution in [-0.2, 0) is 11.2 Å². The van der Waals surface area contributed by atoms with Gasteiger partial charge in [0.15, 0.2) is 5.13 Å². The summed E-state index contributed by atoms with van der Waals surface area (Å²) in [5, 5.41) is 19.1. The first-order chi connectivity index (χ1) is 11.2. The van der Waals surface area contributed by atoms with E-state index in [9.17, 15) is 9.59 Å². The summed E-state index contributed by atoms with van der Waals surface area (Å²) in [5.41, 5.74) is 1.06. The van der Waals surface area contributed by atoms with Gasteiger partial charge in [-0.15, -0.1) is 22.7 Å². The van der Waals surface area contributed by atoms with Crippen LogP contribution in [-0.4, -0.2) is 30.0 Å². The first kappa shape index (κ1) is 15.5. The van der Waals surface area contributed by atoms with Gasteiger partial charge in [-0.2, -0.15) is 5.26 Å². The molecule has 7 nitrogen and oxygen atoms in total. The van der Waals surface area contributed by atoms with Gasteiger partial charge in [0.25, 0.3) is 0 Å². The summed E-state index contributed by atoms with van der Waals surface area (Å²) < 4.78 is 0. The lowest BCUT2D eigenvalue weighted by Gasteiger charge is -2.24. The van der Waals surface area contributed by atoms with Crippen molar-refractivity contribution in [3.05, 3.63) is 28.1 Å². The molecule has 1 saturated heterocycles. The zero-order valence-electron chi connectivity index (χ0n) is 12.0. The smallest absolute Gasteiger partial charge is 0.323 e. The van der Waals surface area contributed by atoms with E-state index in [-0.39, 0.29) is 18.4 Å². The molecule has 1 aliphatic heterocycles. The van der Waals surface area contributed by atoms with Crippen LogP contribution in [0.2, 0.25) is 0 Å². The van der Waals surface area contributed by atoms with Crippen LogP contribution in [0.1, 0.15) is 17.7 Å². The van der Waals surface area contributed by atoms with Crippen LogP contribution < -0.4 is 15.5 Å². The van der Waals surface area contributed by atoms with Crippen molar-refractivity contribution in [2.45, 2.75) is 12.8 Å². The molecule has 9 heteroatoms. The number of carbonyl (C=O) groups excluding carboxylic acids is 2. The molecule has 0 radical (unpaired) electrons. The lowest BCUT2D eigenvalue weighted by molar-refractivity contribution is -0.115. The highest BCUT2D eigenvalue weighted by Gasteiger charge is 2.22. The minimum absolute atomic E-state index is 0.106. The molecule has 3 amide bonds. The highest BCUT2D eigenvalue weighted by Crippen LogP contribution is 2.24. The molecule has 2 N–H and O–H groups in total. The van der Waals surface area contributed by atoms with Crippen molar-refractivity contribution in [2.75, 3.05) is 23.3 Å². The number of aromatic nitrogens is 1. The summed E-state index contributed by atoms with van der Waals surface area (Å²) in [5.74, 6) is -0.233. The van der Waals surface area contributed by atoms with Crippen LogP contribution in [0, 0.1) is 11.3 Å². The third kappa shape index (κ3) is 3.49. The predicted molar refractivity (Wildman–Crippen MR) is 88.8 cm³/mol. The van der Waals surface area contributed by atoms with E-state index in [1.807, 2.05) is 6.07 Å². The number of thiazole rings is 1. The molecule has 3 rings (SSSR count). The van der Waals surface area contributed by atoms with E-state index in [2.05, 4.69) is 15.6 Å². The Kier molecular flexibility index (Phi) is 4.55. The molecule has 0 unspecified atom stereocenters. The minimum Gasteiger partial charge on any atom is -0.338 e. The topological polar surface area (TPSA) is 98.1 Å². The molecule has 0 atom stereocenters. The van der Waals surface area contributed by atoms with E-state index in [1.165, 1.54) is 22.7 Å². The zero-order chi connectivity index (χ0) is 16.2. The first-order valence-corrected chi connectivity index (χ1v) is 8.70. The predicted octanol–water partition coefficient (Wildman–Crippen LogP) is 2.18. The number of nitriles is 1. The van der Waals surface area contributed by atoms with Gasteiger partial charge in [-0.1, -0.05) is 0 Å². The van der Waals surface area contributed by atoms with Gasteiger partial charge in [0.1, 0.15) is 11.1 Å². The SMILES string of the molecule is N#Cc1ccsc1NC(=O)Cc1csc(N2CCCNC2=O)n1. The molecule has 1 aliphatic rings. The quantitative estimate of drug-likeness (QED) is 0.885. The minimum atomic E-state index is -0.233. The number of carbonyl (C=O) groups is 2. The van der Waals surface area contributed by atoms with Crippen LogP contribution in [0.3, 0.4) is 0 Å². The van der Waals surface area contributed by atoms with Crippen molar-refractivity contribution < 1.29 is 9.59 Å². The maximum Gasteiger partial charge on any atom is 0.323 e. The molecule has 2 aromatic heterocycles. The Morgan fingerprint density at radius 2 is 2.39 bits per heavy atom. The maximum atomic E-state index is 12.1. The first-order valence-electron chi connectivity index (χ1n) is 6.94. The van der Waals surface area contributed by atoms with Gasteiger partial charge >= 0.3 is 6.03 Å². The van der Waals surface area contributed by atoms with Gasteiger partial charge in [-0.05, 0) is 17.9 Å². The van der Waals surface area contributed by atoms with Crippen molar-refractivity contribution >= 4 is 44.7 Å². The fourth-order valence-corrected chi connectivity index (χ4v) is 3.75. The van der Waals surface area contributed by atoms with Gasteiger partial charge in [-0.25, -0.2) is 9.78 Å². The number of hydrogen-bond donors (Lipinski definition) is 2. The van der Waals surface area contributed by atoms with Crippen molar-refractivity contribution in [2.24, 2.45) is 0 Å². The number of anilines is 2. The van der Waals surface area contributed by atoms with E-state index in [4.69, 9.17) is 5.26 Å². The van der Waals surface area contributed by atoms with Crippen LogP contribution in [0.25, 0.3) is 0 Å². The van der Waals surface area contributed by atoms with Crippen molar-refractivity contribution in [3.63, 3.8) is 0 Å². The summed E-state index contributed by atoms with van der Waals surface area (Å²) in [6.07, 6.45) is 0.977. The second kappa shape index (κ2) is 6.76. The fourth-order valence-electron chi connectivity index (χ4n) is 2.14. The molecule has 0 aromatic carbocycles. The van der Waals surface area contributed by atoms with Gasteiger partial charge < -0.3 is 10.6 Å². The Morgan fingerprint density at radius 3 is 3.17 bits per heavy atom. The molecule has 1 fully saturated rings. The van der Waals surface area contributed by atoms with E-state index in [0.29, 0.717) is 34.5 Å². The molecule has 118 valence electrons. The maximum absolute atomic E-state index is 12.1. The molecule has 2 aromatic rings. The summed E-state index contributed by atoms with van der Waals surface area (Å²) >= 11 is 2.65. The van der Waals surface area contributed by atoms with Crippen LogP contribution in [0.15, 0.2) is 16.8 Å². The third-order valence-corrected chi connectivity index (χ3v) is 4.97. The van der Waals surface area contributed by atoms with Crippen LogP contribution in [0.5, 0.6) is 0 Å². The summed E-state index contributed by atoms with van der Waals surface area (Å²) in [4.78, 5) is 29.8. The molecule has 23 heavy (non-hydrogen) atoms. The van der Waals surface area contributed by atoms with Gasteiger partial charge in [0.2, 0.25) is 5.91 Å². The Labute approximate surface area is 140 Å². The number of hydrogen-bond acceptors (Lipinski definition) is 6. The number of amides is 3. The number of nitrogens with one attached hydrogen (secondary N) is 2. The normalized spacial score (nSPS) is 14.2. The second-order valence-electron chi connectivity index (χ2n) is 4.86. The number of rotatable bonds is 4. The number of thiophene rings is 1. The van der Waals surface area contributed by atoms with Gasteiger partial charge in [-0.3, -0.25) is 9.69 Å². The highest BCUT2D eigenvalue weighted by atomic mass is 32.1. The monoisotopic (exact) mass is 347 g/mol. The Morgan fingerprint density at radius 1 is 1.52 bits per heavy atom. The van der Waals surface area contributed by atoms with E-state index < -0.39 is 0 Å². The summed E-state index contributed by atoms with van der Waals surface area (Å²) in [7, 11) is 0. The Hall–Kier alpha value is -2.44. The van der Waals surface area contributed by atoms with E-state index in [1.54, 1.807) is 21.7 Å². The van der Waals surface area contributed by atoms with Gasteiger partial charge in [0, 0.05) is 18.5 Å². The largest absolute Gasteiger partial charge is 0.338 e. The zero-order valence-corrected chi connectivity index (χ0v) is 13.7. The lowest BCUT2D eigenvalue weighted by Crippen LogP contribution is -2.46. The van der Waals surface area contributed by atoms with E-state index in [0.717, 1.165) is 6.42 Å². The standard InChI is InChI=1S/C14H13N5O2S2/c15-7-9-2-5-22-12(9)18-11(20)6-10-8-23-14(17-10)19-4-1-3-16-13(19)21/h2,5,8H,1,3-4,6H2,(H,16,21)(H,18,20). The Bertz CT molecular complexity index is 776.